The van der Waals surface area contributed by atoms with Gasteiger partial charge >= 0.3 is 0 Å². The van der Waals surface area contributed by atoms with Gasteiger partial charge in [0.05, 0.1) is 13.2 Å². The number of carbonyl (C=O) groups is 1. The predicted molar refractivity (Wildman–Crippen MR) is 96.0 cm³/mol. The number of para-hydroxylation sites is 1. The van der Waals surface area contributed by atoms with E-state index in [1.807, 2.05) is 42.5 Å². The van der Waals surface area contributed by atoms with Crippen molar-refractivity contribution in [2.45, 2.75) is 6.61 Å². The van der Waals surface area contributed by atoms with E-state index in [4.69, 9.17) is 10.5 Å². The molecule has 0 aliphatic rings. The Labute approximate surface area is 141 Å². The summed E-state index contributed by atoms with van der Waals surface area (Å²) in [7, 11) is 1.64. The first-order valence-electron chi connectivity index (χ1n) is 7.67. The molecule has 0 saturated heterocycles. The van der Waals surface area contributed by atoms with Crippen molar-refractivity contribution in [3.8, 4) is 0 Å². The van der Waals surface area contributed by atoms with Gasteiger partial charge in [0.25, 0.3) is 5.91 Å². The number of carbonyl (C=O) groups excluding carboxylic acids is 1. The van der Waals surface area contributed by atoms with Gasteiger partial charge in [-0.3, -0.25) is 9.79 Å². The van der Waals surface area contributed by atoms with Gasteiger partial charge in [0.1, 0.15) is 0 Å². The van der Waals surface area contributed by atoms with Crippen molar-refractivity contribution in [3.05, 3.63) is 65.7 Å². The first-order valence-corrected chi connectivity index (χ1v) is 7.67. The fourth-order valence-electron chi connectivity index (χ4n) is 2.14. The number of hydrogen-bond donors (Lipinski definition) is 3. The van der Waals surface area contributed by atoms with Crippen LogP contribution in [0.5, 0.6) is 0 Å². The van der Waals surface area contributed by atoms with E-state index >= 15 is 0 Å². The summed E-state index contributed by atoms with van der Waals surface area (Å²) in [5, 5.41) is 5.85. The molecule has 0 aromatic heterocycles. The molecular weight excluding hydrogens is 304 g/mol. The van der Waals surface area contributed by atoms with E-state index in [1.165, 1.54) is 0 Å². The van der Waals surface area contributed by atoms with Crippen LogP contribution in [0.2, 0.25) is 0 Å². The lowest BCUT2D eigenvalue weighted by molar-refractivity contribution is 0.0955. The van der Waals surface area contributed by atoms with Crippen molar-refractivity contribution < 1.29 is 9.53 Å². The summed E-state index contributed by atoms with van der Waals surface area (Å²) >= 11 is 0. The van der Waals surface area contributed by atoms with Gasteiger partial charge in [-0.05, 0) is 18.2 Å². The van der Waals surface area contributed by atoms with Gasteiger partial charge in [-0.2, -0.15) is 0 Å². The molecule has 2 rings (SSSR count). The van der Waals surface area contributed by atoms with Crippen molar-refractivity contribution in [2.75, 3.05) is 25.5 Å². The van der Waals surface area contributed by atoms with Gasteiger partial charge in [0, 0.05) is 30.5 Å². The second-order valence-corrected chi connectivity index (χ2v) is 5.10. The molecule has 0 aliphatic heterocycles. The van der Waals surface area contributed by atoms with Crippen molar-refractivity contribution in [1.82, 2.24) is 5.32 Å². The van der Waals surface area contributed by atoms with E-state index in [1.54, 1.807) is 19.2 Å². The first kappa shape index (κ1) is 17.5. The van der Waals surface area contributed by atoms with Crippen LogP contribution in [0.4, 0.5) is 5.69 Å². The maximum Gasteiger partial charge on any atom is 0.251 e. The predicted octanol–water partition coefficient (Wildman–Crippen LogP) is 1.99. The summed E-state index contributed by atoms with van der Waals surface area (Å²) in [6, 6.07) is 16.8. The number of nitrogens with one attached hydrogen (secondary N) is 2. The van der Waals surface area contributed by atoms with Gasteiger partial charge in [0.2, 0.25) is 0 Å². The number of amides is 1. The van der Waals surface area contributed by atoms with Crippen LogP contribution in [-0.2, 0) is 11.3 Å². The summed E-state index contributed by atoms with van der Waals surface area (Å²) in [5.74, 6) is 0.176. The maximum atomic E-state index is 11.9. The lowest BCUT2D eigenvalue weighted by atomic mass is 10.2. The summed E-state index contributed by atoms with van der Waals surface area (Å²) in [5.41, 5.74) is 8.36. The van der Waals surface area contributed by atoms with Gasteiger partial charge in [0.15, 0.2) is 5.96 Å². The molecule has 6 heteroatoms. The lowest BCUT2D eigenvalue weighted by Crippen LogP contribution is -2.28. The van der Waals surface area contributed by atoms with Gasteiger partial charge in [-0.1, -0.05) is 36.4 Å². The van der Waals surface area contributed by atoms with E-state index in [0.29, 0.717) is 31.2 Å². The van der Waals surface area contributed by atoms with E-state index in [9.17, 15) is 4.79 Å². The summed E-state index contributed by atoms with van der Waals surface area (Å²) in [6.07, 6.45) is 0. The molecule has 6 nitrogen and oxygen atoms in total. The first-order chi connectivity index (χ1) is 11.7. The number of nitrogens with zero attached hydrogens (tertiary/aromatic N) is 1. The number of nitrogens with two attached hydrogens (primary N) is 1. The van der Waals surface area contributed by atoms with Crippen LogP contribution >= 0.6 is 0 Å². The number of benzene rings is 2. The van der Waals surface area contributed by atoms with Crippen molar-refractivity contribution in [1.29, 1.82) is 0 Å². The number of methoxy groups -OCH3 is 1. The molecule has 0 bridgehead atoms. The minimum atomic E-state index is -0.122. The van der Waals surface area contributed by atoms with Crippen molar-refractivity contribution in [3.63, 3.8) is 0 Å². The Balaban J connectivity index is 1.81. The summed E-state index contributed by atoms with van der Waals surface area (Å²) < 4.78 is 5.15. The van der Waals surface area contributed by atoms with E-state index in [0.717, 1.165) is 11.3 Å². The highest BCUT2D eigenvalue weighted by molar-refractivity contribution is 5.94. The Kier molecular flexibility index (Phi) is 6.79. The zero-order valence-corrected chi connectivity index (χ0v) is 13.7. The number of guanidine groups is 1. The van der Waals surface area contributed by atoms with Crippen molar-refractivity contribution in [2.24, 2.45) is 10.7 Å². The molecule has 2 aromatic carbocycles. The number of aliphatic imine (C=N–C) groups is 1. The molecule has 1 amide bonds. The number of rotatable bonds is 7. The van der Waals surface area contributed by atoms with Gasteiger partial charge in [-0.25, -0.2) is 0 Å². The fourth-order valence-corrected chi connectivity index (χ4v) is 2.14. The SMILES string of the molecule is COCc1ccccc1NC(N)=NCCNC(=O)c1ccccc1. The molecule has 0 spiro atoms. The van der Waals surface area contributed by atoms with Crippen LogP contribution in [0.25, 0.3) is 0 Å². The minimum Gasteiger partial charge on any atom is -0.380 e. The Morgan fingerprint density at radius 3 is 2.58 bits per heavy atom. The van der Waals surface area contributed by atoms with E-state index < -0.39 is 0 Å². The van der Waals surface area contributed by atoms with Crippen molar-refractivity contribution >= 4 is 17.6 Å². The molecule has 2 aromatic rings. The Hall–Kier alpha value is -2.86. The van der Waals surface area contributed by atoms with Crippen LogP contribution < -0.4 is 16.4 Å². The average Bonchev–Trinajstić information content (AvgIpc) is 2.61. The molecule has 0 unspecified atom stereocenters. The molecule has 0 saturated carbocycles. The molecule has 24 heavy (non-hydrogen) atoms. The Morgan fingerprint density at radius 1 is 1.12 bits per heavy atom. The van der Waals surface area contributed by atoms with Crippen LogP contribution in [0.15, 0.2) is 59.6 Å². The minimum absolute atomic E-state index is 0.122. The van der Waals surface area contributed by atoms with E-state index in [-0.39, 0.29) is 5.91 Å². The van der Waals surface area contributed by atoms with E-state index in [2.05, 4.69) is 15.6 Å². The zero-order valence-electron chi connectivity index (χ0n) is 13.7. The molecule has 126 valence electrons. The highest BCUT2D eigenvalue weighted by Gasteiger charge is 2.04. The monoisotopic (exact) mass is 326 g/mol. The molecule has 4 N–H and O–H groups in total. The largest absolute Gasteiger partial charge is 0.380 e. The number of ether oxygens (including phenoxy) is 1. The number of anilines is 1. The van der Waals surface area contributed by atoms with Crippen LogP contribution in [0, 0.1) is 0 Å². The van der Waals surface area contributed by atoms with Crippen LogP contribution in [0.3, 0.4) is 0 Å². The second kappa shape index (κ2) is 9.32. The van der Waals surface area contributed by atoms with Gasteiger partial charge in [-0.15, -0.1) is 0 Å². The third-order valence-corrected chi connectivity index (χ3v) is 3.30. The smallest absolute Gasteiger partial charge is 0.251 e. The van der Waals surface area contributed by atoms with Crippen LogP contribution in [0.1, 0.15) is 15.9 Å². The third-order valence-electron chi connectivity index (χ3n) is 3.30. The zero-order chi connectivity index (χ0) is 17.2. The Bertz CT molecular complexity index is 686. The summed E-state index contributed by atoms with van der Waals surface area (Å²) in [4.78, 5) is 16.1. The topological polar surface area (TPSA) is 88.7 Å². The highest BCUT2D eigenvalue weighted by atomic mass is 16.5. The lowest BCUT2D eigenvalue weighted by Gasteiger charge is -2.11. The molecule has 0 fully saturated rings. The second-order valence-electron chi connectivity index (χ2n) is 5.10. The third kappa shape index (κ3) is 5.40. The molecule has 0 aliphatic carbocycles. The van der Waals surface area contributed by atoms with Crippen LogP contribution in [-0.4, -0.2) is 32.1 Å². The standard InChI is InChI=1S/C18H22N4O2/c1-24-13-15-9-5-6-10-16(15)22-18(19)21-12-11-20-17(23)14-7-3-2-4-8-14/h2-10H,11-13H2,1H3,(H,20,23)(H3,19,21,22). The quantitative estimate of drug-likeness (QED) is 0.412. The normalized spacial score (nSPS) is 11.1. The summed E-state index contributed by atoms with van der Waals surface area (Å²) in [6.45, 7) is 1.29. The highest BCUT2D eigenvalue weighted by Crippen LogP contribution is 2.15. The molecular formula is C18H22N4O2. The Morgan fingerprint density at radius 2 is 1.83 bits per heavy atom. The average molecular weight is 326 g/mol. The molecule has 0 radical (unpaired) electrons. The number of hydrogen-bond acceptors (Lipinski definition) is 3. The maximum absolute atomic E-state index is 11.9. The molecule has 0 atom stereocenters. The fraction of sp³-hybridized carbons (Fsp3) is 0.222. The van der Waals surface area contributed by atoms with Gasteiger partial charge < -0.3 is 21.1 Å². The molecule has 0 heterocycles.